The van der Waals surface area contributed by atoms with E-state index in [1.165, 1.54) is 0 Å². The number of hydrogen-bond donors (Lipinski definition) is 2. The molecule has 3 aliphatic heterocycles. The van der Waals surface area contributed by atoms with Crippen molar-refractivity contribution in [2.24, 2.45) is 5.92 Å². The lowest BCUT2D eigenvalue weighted by atomic mass is 10.0. The highest BCUT2D eigenvalue weighted by molar-refractivity contribution is 6.05. The molecule has 0 spiro atoms. The molecule has 0 bridgehead atoms. The van der Waals surface area contributed by atoms with Gasteiger partial charge in [-0.1, -0.05) is 0 Å². The molecule has 1 unspecified atom stereocenters. The Labute approximate surface area is 157 Å². The van der Waals surface area contributed by atoms with E-state index in [0.717, 1.165) is 18.7 Å². The molecule has 27 heavy (non-hydrogen) atoms. The molecule has 0 saturated carbocycles. The Morgan fingerprint density at radius 3 is 2.85 bits per heavy atom. The van der Waals surface area contributed by atoms with E-state index < -0.39 is 11.9 Å². The fraction of sp³-hybridized carbons (Fsp3) is 0.526. The zero-order valence-corrected chi connectivity index (χ0v) is 15.2. The molecule has 3 heterocycles. The average molecular weight is 373 g/mol. The Morgan fingerprint density at radius 2 is 2.07 bits per heavy atom. The minimum atomic E-state index is -0.600. The largest absolute Gasteiger partial charge is 0.489 e. The predicted molar refractivity (Wildman–Crippen MR) is 95.1 cm³/mol. The SMILES string of the molecule is COC[C@@H]1CNC[C@H]1Oc1ccc2c(c1)CN(C1CCC(=O)NC1=O)C2=O. The number of ether oxygens (including phenoxy) is 2. The van der Waals surface area contributed by atoms with Gasteiger partial charge in [-0.15, -0.1) is 0 Å². The predicted octanol–water partition coefficient (Wildman–Crippen LogP) is 0.0608. The Kier molecular flexibility index (Phi) is 4.84. The maximum absolute atomic E-state index is 12.7. The van der Waals surface area contributed by atoms with E-state index in [1.54, 1.807) is 24.1 Å². The number of imide groups is 1. The summed E-state index contributed by atoms with van der Waals surface area (Å²) in [6.45, 7) is 2.59. The van der Waals surface area contributed by atoms with Crippen molar-refractivity contribution in [1.29, 1.82) is 0 Å². The van der Waals surface area contributed by atoms with Crippen molar-refractivity contribution < 1.29 is 23.9 Å². The van der Waals surface area contributed by atoms with Gasteiger partial charge < -0.3 is 19.7 Å². The number of benzene rings is 1. The van der Waals surface area contributed by atoms with E-state index in [2.05, 4.69) is 10.6 Å². The van der Waals surface area contributed by atoms with Crippen molar-refractivity contribution >= 4 is 17.7 Å². The summed E-state index contributed by atoms with van der Waals surface area (Å²) in [7, 11) is 1.68. The monoisotopic (exact) mass is 373 g/mol. The summed E-state index contributed by atoms with van der Waals surface area (Å²) < 4.78 is 11.4. The van der Waals surface area contributed by atoms with E-state index in [0.29, 0.717) is 30.9 Å². The van der Waals surface area contributed by atoms with E-state index in [1.807, 2.05) is 6.07 Å². The molecule has 3 amide bonds. The molecule has 3 aliphatic rings. The van der Waals surface area contributed by atoms with Gasteiger partial charge in [-0.25, -0.2) is 0 Å². The van der Waals surface area contributed by atoms with Crippen LogP contribution in [0.2, 0.25) is 0 Å². The summed E-state index contributed by atoms with van der Waals surface area (Å²) in [6.07, 6.45) is 0.632. The number of carbonyl (C=O) groups is 3. The smallest absolute Gasteiger partial charge is 0.255 e. The first-order valence-electron chi connectivity index (χ1n) is 9.20. The Hall–Kier alpha value is -2.45. The van der Waals surface area contributed by atoms with Gasteiger partial charge in [0.1, 0.15) is 17.9 Å². The second-order valence-electron chi connectivity index (χ2n) is 7.25. The molecule has 1 aromatic rings. The number of rotatable bonds is 5. The third-order valence-corrected chi connectivity index (χ3v) is 5.44. The van der Waals surface area contributed by atoms with Crippen LogP contribution in [-0.4, -0.2) is 61.6 Å². The number of nitrogens with zero attached hydrogens (tertiary/aromatic N) is 1. The lowest BCUT2D eigenvalue weighted by Gasteiger charge is -2.29. The molecule has 8 nitrogen and oxygen atoms in total. The number of piperidine rings is 1. The Bertz CT molecular complexity index is 781. The van der Waals surface area contributed by atoms with Crippen molar-refractivity contribution in [3.8, 4) is 5.75 Å². The zero-order chi connectivity index (χ0) is 19.0. The number of fused-ring (bicyclic) bond motifs is 1. The molecule has 0 aromatic heterocycles. The summed E-state index contributed by atoms with van der Waals surface area (Å²) >= 11 is 0. The molecule has 8 heteroatoms. The molecule has 2 saturated heterocycles. The normalized spacial score (nSPS) is 27.7. The van der Waals surface area contributed by atoms with Gasteiger partial charge in [-0.2, -0.15) is 0 Å². The maximum atomic E-state index is 12.7. The van der Waals surface area contributed by atoms with E-state index in [-0.39, 0.29) is 30.3 Å². The summed E-state index contributed by atoms with van der Waals surface area (Å²) in [6, 6.07) is 4.83. The standard InChI is InChI=1S/C19H23N3O5/c1-26-10-12-7-20-8-16(12)27-13-2-3-14-11(6-13)9-22(19(14)25)15-4-5-17(23)21-18(15)24/h2-3,6,12,15-16,20H,4-5,7-10H2,1H3,(H,21,23,24)/t12-,15?,16+/m0/s1. The van der Waals surface area contributed by atoms with Crippen LogP contribution in [0.5, 0.6) is 5.75 Å². The number of carbonyl (C=O) groups excluding carboxylic acids is 3. The summed E-state index contributed by atoms with van der Waals surface area (Å²) in [4.78, 5) is 37.7. The molecule has 0 radical (unpaired) electrons. The van der Waals surface area contributed by atoms with Gasteiger partial charge in [0.15, 0.2) is 0 Å². The topological polar surface area (TPSA) is 97.0 Å². The fourth-order valence-electron chi connectivity index (χ4n) is 4.03. The van der Waals surface area contributed by atoms with Gasteiger partial charge in [-0.05, 0) is 30.2 Å². The van der Waals surface area contributed by atoms with E-state index >= 15 is 0 Å². The van der Waals surface area contributed by atoms with Gasteiger partial charge in [-0.3, -0.25) is 19.7 Å². The molecular weight excluding hydrogens is 350 g/mol. The first-order valence-corrected chi connectivity index (χ1v) is 9.20. The van der Waals surface area contributed by atoms with Gasteiger partial charge in [0, 0.05) is 44.6 Å². The second kappa shape index (κ2) is 7.28. The van der Waals surface area contributed by atoms with Gasteiger partial charge in [0.25, 0.3) is 5.91 Å². The second-order valence-corrected chi connectivity index (χ2v) is 7.25. The molecular formula is C19H23N3O5. The minimum absolute atomic E-state index is 0.0198. The van der Waals surface area contributed by atoms with Gasteiger partial charge in [0.2, 0.25) is 11.8 Å². The number of nitrogens with one attached hydrogen (secondary N) is 2. The number of methoxy groups -OCH3 is 1. The van der Waals surface area contributed by atoms with Crippen LogP contribution in [0.4, 0.5) is 0 Å². The van der Waals surface area contributed by atoms with Crippen molar-refractivity contribution in [2.45, 2.75) is 31.5 Å². The fourth-order valence-corrected chi connectivity index (χ4v) is 4.03. The molecule has 2 N–H and O–H groups in total. The van der Waals surface area contributed by atoms with Crippen LogP contribution in [0.3, 0.4) is 0 Å². The Morgan fingerprint density at radius 1 is 1.22 bits per heavy atom. The summed E-state index contributed by atoms with van der Waals surface area (Å²) in [5, 5.41) is 5.62. The molecule has 1 aromatic carbocycles. The van der Waals surface area contributed by atoms with Crippen LogP contribution in [-0.2, 0) is 20.9 Å². The Balaban J connectivity index is 1.48. The molecule has 4 rings (SSSR count). The molecule has 3 atom stereocenters. The van der Waals surface area contributed by atoms with Crippen LogP contribution in [0.1, 0.15) is 28.8 Å². The van der Waals surface area contributed by atoms with Gasteiger partial charge in [0.05, 0.1) is 6.61 Å². The number of amides is 3. The third-order valence-electron chi connectivity index (χ3n) is 5.44. The highest BCUT2D eigenvalue weighted by atomic mass is 16.5. The summed E-state index contributed by atoms with van der Waals surface area (Å²) in [5.41, 5.74) is 1.43. The van der Waals surface area contributed by atoms with E-state index in [4.69, 9.17) is 9.47 Å². The van der Waals surface area contributed by atoms with Gasteiger partial charge >= 0.3 is 0 Å². The third kappa shape index (κ3) is 3.42. The van der Waals surface area contributed by atoms with Crippen molar-refractivity contribution in [2.75, 3.05) is 26.8 Å². The van der Waals surface area contributed by atoms with Crippen molar-refractivity contribution in [1.82, 2.24) is 15.5 Å². The minimum Gasteiger partial charge on any atom is -0.489 e. The first-order chi connectivity index (χ1) is 13.1. The van der Waals surface area contributed by atoms with Crippen LogP contribution in [0, 0.1) is 5.92 Å². The average Bonchev–Trinajstić information content (AvgIpc) is 3.20. The van der Waals surface area contributed by atoms with Crippen LogP contribution in [0.25, 0.3) is 0 Å². The molecule has 144 valence electrons. The van der Waals surface area contributed by atoms with Crippen LogP contribution in [0.15, 0.2) is 18.2 Å². The lowest BCUT2D eigenvalue weighted by Crippen LogP contribution is -2.52. The van der Waals surface area contributed by atoms with Crippen LogP contribution >= 0.6 is 0 Å². The van der Waals surface area contributed by atoms with Crippen molar-refractivity contribution in [3.63, 3.8) is 0 Å². The van der Waals surface area contributed by atoms with E-state index in [9.17, 15) is 14.4 Å². The van der Waals surface area contributed by atoms with Crippen molar-refractivity contribution in [3.05, 3.63) is 29.3 Å². The lowest BCUT2D eigenvalue weighted by molar-refractivity contribution is -0.136. The molecule has 2 fully saturated rings. The molecule has 0 aliphatic carbocycles. The zero-order valence-electron chi connectivity index (χ0n) is 15.2. The quantitative estimate of drug-likeness (QED) is 0.709. The maximum Gasteiger partial charge on any atom is 0.255 e. The van der Waals surface area contributed by atoms with Crippen LogP contribution < -0.4 is 15.4 Å². The highest BCUT2D eigenvalue weighted by Crippen LogP contribution is 2.31. The first kappa shape index (κ1) is 17.9. The summed E-state index contributed by atoms with van der Waals surface area (Å²) in [5.74, 6) is 0.132. The number of hydrogen-bond acceptors (Lipinski definition) is 6. The highest BCUT2D eigenvalue weighted by Gasteiger charge is 2.39.